The number of azo groups is 1. The third-order valence-corrected chi connectivity index (χ3v) is 27.3. The van der Waals surface area contributed by atoms with Gasteiger partial charge in [-0.3, -0.25) is 48.6 Å². The number of nitrogens with two attached hydrogens (primary N) is 3. The van der Waals surface area contributed by atoms with Crippen LogP contribution >= 0.6 is 11.6 Å². The first-order chi connectivity index (χ1) is 65.3. The number of ketones is 4. The Balaban J connectivity index is 0.000000108. The number of aryl methyl sites for hydroxylation is 8. The van der Waals surface area contributed by atoms with Crippen molar-refractivity contribution in [2.45, 2.75) is 137 Å². The van der Waals surface area contributed by atoms with E-state index in [2.05, 4.69) is 109 Å². The van der Waals surface area contributed by atoms with Crippen LogP contribution in [0.25, 0.3) is 121 Å². The predicted octanol–water partition coefficient (Wildman–Crippen LogP) is 19.0. The normalized spacial score (nSPS) is 13.4. The Morgan fingerprint density at radius 2 is 0.733 bits per heavy atom. The number of fused-ring (bicyclic) bond motifs is 12. The molecule has 0 radical (unpaired) electrons. The third-order valence-electron chi connectivity index (χ3n) is 27.0. The molecule has 7 aromatic carbocycles. The van der Waals surface area contributed by atoms with Gasteiger partial charge in [0.1, 0.15) is 28.4 Å². The lowest BCUT2D eigenvalue weighted by molar-refractivity contribution is 0.0997. The molecule has 5 aliphatic rings. The van der Waals surface area contributed by atoms with E-state index in [0.29, 0.717) is 147 Å². The number of aromatic nitrogens is 14. The average molecular weight is 1820 g/mol. The Hall–Kier alpha value is -16.1. The van der Waals surface area contributed by atoms with Gasteiger partial charge in [0.05, 0.1) is 83.3 Å². The zero-order valence-corrected chi connectivity index (χ0v) is 74.5. The molecular formula is C104H87ClF3N19O8. The van der Waals surface area contributed by atoms with E-state index in [4.69, 9.17) is 28.8 Å². The minimum atomic E-state index is -0.423. The van der Waals surface area contributed by atoms with Crippen LogP contribution in [0.5, 0.6) is 0 Å². The Bertz CT molecular complexity index is 8020. The number of hydrogen-bond donors (Lipinski definition) is 10. The molecule has 0 atom stereocenters. The zero-order valence-electron chi connectivity index (χ0n) is 73.7. The maximum Gasteiger partial charge on any atom is 0.255 e. The van der Waals surface area contributed by atoms with Crippen molar-refractivity contribution in [3.8, 4) is 44.5 Å². The number of carbonyl (C=O) groups excluding carboxylic acids is 4. The summed E-state index contributed by atoms with van der Waals surface area (Å²) in [7, 11) is 0. The SMILES string of the molecule is CC(=O)c1c(-c2ccc[nH]c2=O)c2cc3c(cc2n1Cc1cc2c(N)[nH]nc2nc1Cl)CCC3.CC(=O)c1c(-c2ccc[nH]c2=O)c2cc3c(cc2n1Cc1cc2c(N)c[nH]c2cc1F)CCC3.CC(=O)c1c(-c2ccc[nH]c2=O)c2cc3c(cc2n1Cc1cc2c(N)n[nH]c2cc1F)CCC3.CC(=O)c1c(-c2ccc[nH]c2=O)c2cc3c(cc2n1Cc1cc2c(cc1F)N=NC2)CCC3. The van der Waals surface area contributed by atoms with Gasteiger partial charge in [0.2, 0.25) is 0 Å². The van der Waals surface area contributed by atoms with Crippen LogP contribution in [0.2, 0.25) is 5.15 Å². The molecule has 13 heterocycles. The Kier molecular flexibility index (Phi) is 21.5. The van der Waals surface area contributed by atoms with Crippen molar-refractivity contribution in [1.82, 2.24) is 68.6 Å². The van der Waals surface area contributed by atoms with Gasteiger partial charge in [-0.15, -0.1) is 0 Å². The molecular weight excluding hydrogens is 1740 g/mol. The molecule has 24 rings (SSSR count). The van der Waals surface area contributed by atoms with E-state index in [1.807, 2.05) is 24.3 Å². The minimum Gasteiger partial charge on any atom is -0.397 e. The lowest BCUT2D eigenvalue weighted by Crippen LogP contribution is -2.13. The minimum absolute atomic E-state index is 0.112. The van der Waals surface area contributed by atoms with E-state index < -0.39 is 5.82 Å². The molecule has 1 aliphatic heterocycles. The molecule has 135 heavy (non-hydrogen) atoms. The summed E-state index contributed by atoms with van der Waals surface area (Å²) >= 11 is 6.53. The summed E-state index contributed by atoms with van der Waals surface area (Å²) in [4.78, 5) is 122. The molecule has 31 heteroatoms. The summed E-state index contributed by atoms with van der Waals surface area (Å²) in [6, 6.07) is 42.1. The van der Waals surface area contributed by atoms with Crippen molar-refractivity contribution < 1.29 is 32.3 Å². The number of nitrogens with zero attached hydrogens (tertiary/aromatic N) is 9. The Morgan fingerprint density at radius 3 is 1.12 bits per heavy atom. The number of rotatable bonds is 16. The standard InChI is InChI=1S/C27H23FN4O2.C26H22FN5O2.C26H21FN4O2.C25H21ClN6O2/c1-14(33)26-25(18-6-3-7-30-27(18)34)20-8-15-4-2-5-16(15)10-24(20)32(26)13-17-9-19-22(29)12-31-23(19)11-21(17)28;1-13(33)24-23(17-6-3-7-29-26(17)34)19-8-14-4-2-5-15(14)10-22(19)32(24)12-16-9-18-21(11-20(16)27)30-31-25(18)28;1-14(32)25-24(19-6-3-7-28-26(19)33)20-9-15-4-2-5-16(15)10-23(20)31(25)13-18-8-17-12-29-30-22(17)11-21(18)27;1-12(33)21-20(16-6-3-7-28-25(16)34)17-8-13-4-2-5-14(13)10-19(17)32(21)11-15-9-18-23(27)30-31-24(18)29-22(15)26/h3,6-12,31H,2,4-5,13,29H2,1H3,(H,30,34);3,6-11H,2,4-5,12H2,1H3,(H,29,34)(H3,28,30,31);3,6-11H,2,4-5,12-13H2,1H3,(H,28,33);3,6-10H,2,4-5,11H2,1H3,(H,28,34)(H3,27,29,30,31). The van der Waals surface area contributed by atoms with Crippen molar-refractivity contribution in [1.29, 1.82) is 0 Å². The van der Waals surface area contributed by atoms with E-state index in [-0.39, 0.29) is 87.6 Å². The van der Waals surface area contributed by atoms with E-state index in [1.54, 1.807) is 97.7 Å². The van der Waals surface area contributed by atoms with Crippen LogP contribution in [0.15, 0.2) is 200 Å². The average Bonchev–Trinajstić information content (AvgIpc) is 1.59. The largest absolute Gasteiger partial charge is 0.397 e. The highest BCUT2D eigenvalue weighted by molar-refractivity contribution is 6.30. The van der Waals surface area contributed by atoms with Gasteiger partial charge >= 0.3 is 0 Å². The second-order valence-electron chi connectivity index (χ2n) is 35.3. The van der Waals surface area contributed by atoms with Crippen molar-refractivity contribution in [2.24, 2.45) is 10.2 Å². The number of Topliss-reactive ketones (excluding diaryl/α,β-unsaturated/α-hetero) is 4. The van der Waals surface area contributed by atoms with Crippen LogP contribution in [0.4, 0.5) is 36.2 Å². The highest BCUT2D eigenvalue weighted by atomic mass is 35.5. The molecule has 12 aromatic heterocycles. The molecule has 0 bridgehead atoms. The second-order valence-corrected chi connectivity index (χ2v) is 35.7. The molecule has 674 valence electrons. The summed E-state index contributed by atoms with van der Waals surface area (Å²) in [5, 5.41) is 27.2. The Morgan fingerprint density at radius 1 is 0.385 bits per heavy atom. The van der Waals surface area contributed by atoms with Crippen molar-refractivity contribution in [3.05, 3.63) is 330 Å². The lowest BCUT2D eigenvalue weighted by Gasteiger charge is -2.12. The molecule has 0 fully saturated rings. The van der Waals surface area contributed by atoms with Gasteiger partial charge in [-0.2, -0.15) is 20.4 Å². The van der Waals surface area contributed by atoms with Crippen molar-refractivity contribution in [3.63, 3.8) is 0 Å². The molecule has 0 spiro atoms. The number of H-pyrrole nitrogens is 7. The molecule has 13 N–H and O–H groups in total. The molecule has 0 unspecified atom stereocenters. The highest BCUT2D eigenvalue weighted by Gasteiger charge is 2.34. The van der Waals surface area contributed by atoms with Crippen molar-refractivity contribution >= 4 is 134 Å². The quantitative estimate of drug-likeness (QED) is 0.0318. The molecule has 0 saturated carbocycles. The number of halogens is 4. The maximum absolute atomic E-state index is 15.1. The molecule has 27 nitrogen and oxygen atoms in total. The summed E-state index contributed by atoms with van der Waals surface area (Å²) in [6.45, 7) is 7.13. The van der Waals surface area contributed by atoms with Crippen LogP contribution in [0.1, 0.15) is 168 Å². The lowest BCUT2D eigenvalue weighted by atomic mass is 9.99. The van der Waals surface area contributed by atoms with E-state index in [9.17, 15) is 38.4 Å². The first-order valence-corrected chi connectivity index (χ1v) is 45.1. The Labute approximate surface area is 769 Å². The summed E-state index contributed by atoms with van der Waals surface area (Å²) in [5.74, 6) is -1.19. The fraction of sp³-hybridized carbons (Fsp3) is 0.202. The van der Waals surface area contributed by atoms with Crippen LogP contribution < -0.4 is 39.4 Å². The fourth-order valence-electron chi connectivity index (χ4n) is 20.9. The number of pyridine rings is 5. The van der Waals surface area contributed by atoms with Crippen LogP contribution in [-0.2, 0) is 84.1 Å². The number of anilines is 3. The third kappa shape index (κ3) is 15.0. The number of hydrogen-bond acceptors (Lipinski definition) is 16. The molecule has 0 amide bonds. The molecule has 0 saturated heterocycles. The number of aromatic amines is 7. The fourth-order valence-corrected chi connectivity index (χ4v) is 21.1. The van der Waals surface area contributed by atoms with Crippen molar-refractivity contribution in [2.75, 3.05) is 17.2 Å². The van der Waals surface area contributed by atoms with Gasteiger partial charge in [0, 0.05) is 191 Å². The van der Waals surface area contributed by atoms with Gasteiger partial charge < -0.3 is 60.4 Å². The number of nitrogens with one attached hydrogen (secondary N) is 7. The van der Waals surface area contributed by atoms with Crippen LogP contribution in [-0.4, -0.2) is 91.7 Å². The van der Waals surface area contributed by atoms with Gasteiger partial charge in [-0.05, 0) is 255 Å². The summed E-state index contributed by atoms with van der Waals surface area (Å²) in [6.07, 6.45) is 20.0. The van der Waals surface area contributed by atoms with Gasteiger partial charge in [-0.1, -0.05) is 11.6 Å². The zero-order chi connectivity index (χ0) is 93.4. The highest BCUT2D eigenvalue weighted by Crippen LogP contribution is 2.46. The smallest absolute Gasteiger partial charge is 0.255 e. The van der Waals surface area contributed by atoms with Gasteiger partial charge in [0.25, 0.3) is 22.2 Å². The predicted molar refractivity (Wildman–Crippen MR) is 518 cm³/mol. The number of nitrogen functional groups attached to an aromatic ring is 3. The van der Waals surface area contributed by atoms with Crippen LogP contribution in [0, 0.1) is 17.5 Å². The van der Waals surface area contributed by atoms with Crippen LogP contribution in [0.3, 0.4) is 0 Å². The van der Waals surface area contributed by atoms with E-state index in [0.717, 1.165) is 132 Å². The first kappa shape index (κ1) is 85.7. The molecule has 19 aromatic rings. The topological polar surface area (TPSA) is 408 Å². The summed E-state index contributed by atoms with van der Waals surface area (Å²) < 4.78 is 52.8. The van der Waals surface area contributed by atoms with Gasteiger partial charge in [-0.25, -0.2) is 18.2 Å². The van der Waals surface area contributed by atoms with Gasteiger partial charge in [0.15, 0.2) is 34.6 Å². The monoisotopic (exact) mass is 1820 g/mol. The molecule has 4 aliphatic carbocycles. The van der Waals surface area contributed by atoms with E-state index >= 15 is 13.2 Å². The maximum atomic E-state index is 15.1. The number of benzene rings is 7. The second kappa shape index (κ2) is 33.9. The summed E-state index contributed by atoms with van der Waals surface area (Å²) in [5.41, 5.74) is 41.7. The number of carbonyl (C=O) groups is 4. The van der Waals surface area contributed by atoms with E-state index in [1.165, 1.54) is 90.4 Å². The first-order valence-electron chi connectivity index (χ1n) is 44.7.